The molecule has 0 radical (unpaired) electrons. The molecule has 9 nitrogen and oxygen atoms in total. The maximum absolute atomic E-state index is 13.6. The van der Waals surface area contributed by atoms with Crippen LogP contribution < -0.4 is 10.1 Å². The van der Waals surface area contributed by atoms with Crippen LogP contribution in [0.5, 0.6) is 5.75 Å². The first-order chi connectivity index (χ1) is 20.1. The Hall–Kier alpha value is -3.97. The fraction of sp³-hybridized carbons (Fsp3) is 0.433. The molecule has 1 aliphatic heterocycles. The van der Waals surface area contributed by atoms with Gasteiger partial charge in [0.05, 0.1) is 24.4 Å². The van der Waals surface area contributed by atoms with Crippen LogP contribution in [-0.4, -0.2) is 81.7 Å². The number of aromatic nitrogens is 4. The lowest BCUT2D eigenvalue weighted by molar-refractivity contribution is 0.0946. The number of ether oxygens (including phenoxy) is 1. The number of amides is 1. The fourth-order valence-corrected chi connectivity index (χ4v) is 5.02. The van der Waals surface area contributed by atoms with E-state index in [0.29, 0.717) is 22.2 Å². The first kappa shape index (κ1) is 29.5. The van der Waals surface area contributed by atoms with Crippen LogP contribution in [0.3, 0.4) is 0 Å². The Balaban J connectivity index is 1.49. The number of nitrogens with zero attached hydrogens (tertiary/aromatic N) is 6. The van der Waals surface area contributed by atoms with Gasteiger partial charge in [-0.1, -0.05) is 23.2 Å². The van der Waals surface area contributed by atoms with Gasteiger partial charge in [-0.2, -0.15) is 0 Å². The Bertz CT molecular complexity index is 1590. The maximum Gasteiger partial charge on any atom is 0.280 e. The predicted octanol–water partition coefficient (Wildman–Crippen LogP) is 4.33. The highest BCUT2D eigenvalue weighted by molar-refractivity contribution is 7.15. The average Bonchev–Trinajstić information content (AvgIpc) is 3.71. The number of anilines is 1. The average molecular weight is 592 g/mol. The summed E-state index contributed by atoms with van der Waals surface area (Å²) in [6.45, 7) is 7.80. The highest BCUT2D eigenvalue weighted by Gasteiger charge is 2.27. The molecule has 0 atom stereocenters. The normalized spacial score (nSPS) is 15.9. The molecule has 0 unspecified atom stereocenters. The smallest absolute Gasteiger partial charge is 0.280 e. The molecule has 5 rings (SSSR count). The Labute approximate surface area is 247 Å². The Morgan fingerprint density at radius 1 is 1.10 bits per heavy atom. The summed E-state index contributed by atoms with van der Waals surface area (Å²) in [5.74, 6) is 12.6. The van der Waals surface area contributed by atoms with E-state index in [0.717, 1.165) is 50.4 Å². The summed E-state index contributed by atoms with van der Waals surface area (Å²) in [5, 5.41) is 11.6. The zero-order valence-electron chi connectivity index (χ0n) is 23.9. The molecule has 3 aromatic heterocycles. The van der Waals surface area contributed by atoms with Gasteiger partial charge >= 0.3 is 0 Å². The van der Waals surface area contributed by atoms with Crippen LogP contribution in [0.15, 0.2) is 24.5 Å². The summed E-state index contributed by atoms with van der Waals surface area (Å²) in [5.41, 5.74) is 0.238. The molecule has 4 heterocycles. The zero-order valence-corrected chi connectivity index (χ0v) is 24.7. The van der Waals surface area contributed by atoms with Crippen molar-refractivity contribution in [2.24, 2.45) is 5.92 Å². The molecule has 1 amide bonds. The molecule has 1 N–H and O–H groups in total. The minimum atomic E-state index is -2.81. The van der Waals surface area contributed by atoms with Crippen LogP contribution in [-0.2, 0) is 0 Å². The van der Waals surface area contributed by atoms with Crippen molar-refractivity contribution in [3.8, 4) is 40.6 Å². The standard InChI is InChI=1S/C30H31F2N7O2S/c1-30(2,39-13-11-38(3)12-14-39)10-9-20-15-21(22-16-24(27(31)32)34-18-25(22)41-4)23(17-33-20)28(40)35-29-37-36-26(42-29)8-7-19-5-6-19/h15-19,27H,5-6,11-14H2,1-4H3,(H,35,37,40). The molecule has 1 saturated heterocycles. The molecular weight excluding hydrogens is 560 g/mol. The van der Waals surface area contributed by atoms with Crippen LogP contribution in [0.2, 0.25) is 0 Å². The van der Waals surface area contributed by atoms with Crippen molar-refractivity contribution in [2.45, 2.75) is 38.7 Å². The molecule has 1 aliphatic carbocycles. The van der Waals surface area contributed by atoms with Crippen molar-refractivity contribution < 1.29 is 18.3 Å². The number of carbonyl (C=O) groups excluding carboxylic acids is 1. The van der Waals surface area contributed by atoms with E-state index in [1.54, 1.807) is 6.07 Å². The monoisotopic (exact) mass is 591 g/mol. The van der Waals surface area contributed by atoms with E-state index in [1.165, 1.54) is 25.6 Å². The van der Waals surface area contributed by atoms with Gasteiger partial charge in [-0.3, -0.25) is 20.0 Å². The van der Waals surface area contributed by atoms with E-state index in [2.05, 4.69) is 79.9 Å². The molecular formula is C30H31F2N7O2S. The Morgan fingerprint density at radius 3 is 2.55 bits per heavy atom. The lowest BCUT2D eigenvalue weighted by Crippen LogP contribution is -2.53. The van der Waals surface area contributed by atoms with Gasteiger partial charge in [-0.25, -0.2) is 13.8 Å². The second kappa shape index (κ2) is 12.5. The number of carbonyl (C=O) groups is 1. The molecule has 0 aromatic carbocycles. The topological polar surface area (TPSA) is 96.4 Å². The van der Waals surface area contributed by atoms with Gasteiger partial charge in [-0.15, -0.1) is 10.2 Å². The fourth-order valence-electron chi connectivity index (χ4n) is 4.42. The SMILES string of the molecule is COc1cnc(C(F)F)cc1-c1cc(C#CC(C)(C)N2CCN(C)CC2)ncc1C(=O)Nc1nnc(C#CC2CC2)s1. The van der Waals surface area contributed by atoms with Gasteiger partial charge in [0, 0.05) is 49.4 Å². The maximum atomic E-state index is 13.6. The van der Waals surface area contributed by atoms with E-state index < -0.39 is 23.6 Å². The second-order valence-electron chi connectivity index (χ2n) is 10.7. The van der Waals surface area contributed by atoms with Crippen LogP contribution in [0.25, 0.3) is 11.1 Å². The number of pyridine rings is 2. The molecule has 2 fully saturated rings. The molecule has 2 aliphatic rings. The van der Waals surface area contributed by atoms with Crippen molar-refractivity contribution >= 4 is 22.4 Å². The second-order valence-corrected chi connectivity index (χ2v) is 11.7. The molecule has 12 heteroatoms. The van der Waals surface area contributed by atoms with E-state index >= 15 is 0 Å². The van der Waals surface area contributed by atoms with Crippen molar-refractivity contribution in [3.05, 3.63) is 46.5 Å². The third-order valence-corrected chi connectivity index (χ3v) is 7.92. The lowest BCUT2D eigenvalue weighted by atomic mass is 9.98. The molecule has 1 saturated carbocycles. The number of alkyl halides is 2. The van der Waals surface area contributed by atoms with Gasteiger partial charge < -0.3 is 9.64 Å². The number of hydrogen-bond acceptors (Lipinski definition) is 9. The summed E-state index contributed by atoms with van der Waals surface area (Å²) >= 11 is 1.16. The molecule has 0 spiro atoms. The number of piperazine rings is 1. The number of rotatable bonds is 6. The predicted molar refractivity (Wildman–Crippen MR) is 156 cm³/mol. The van der Waals surface area contributed by atoms with Gasteiger partial charge in [0.25, 0.3) is 12.3 Å². The summed E-state index contributed by atoms with van der Waals surface area (Å²) in [6, 6.07) is 2.83. The van der Waals surface area contributed by atoms with E-state index in [4.69, 9.17) is 4.74 Å². The van der Waals surface area contributed by atoms with Gasteiger partial charge in [0.2, 0.25) is 5.13 Å². The van der Waals surface area contributed by atoms with Crippen LogP contribution >= 0.6 is 11.3 Å². The molecule has 42 heavy (non-hydrogen) atoms. The first-order valence-electron chi connectivity index (χ1n) is 13.6. The third kappa shape index (κ3) is 7.08. The number of nitrogens with one attached hydrogen (secondary N) is 1. The van der Waals surface area contributed by atoms with Crippen LogP contribution in [0.1, 0.15) is 59.9 Å². The number of halogens is 2. The van der Waals surface area contributed by atoms with Gasteiger partial charge in [0.15, 0.2) is 5.01 Å². The molecule has 218 valence electrons. The minimum absolute atomic E-state index is 0.129. The molecule has 0 bridgehead atoms. The third-order valence-electron chi connectivity index (χ3n) is 7.17. The van der Waals surface area contributed by atoms with E-state index in [1.807, 2.05) is 0 Å². The Kier molecular flexibility index (Phi) is 8.78. The quantitative estimate of drug-likeness (QED) is 0.424. The zero-order chi connectivity index (χ0) is 29.9. The van der Waals surface area contributed by atoms with Crippen molar-refractivity contribution in [2.75, 3.05) is 45.7 Å². The Morgan fingerprint density at radius 2 is 1.86 bits per heavy atom. The van der Waals surface area contributed by atoms with Gasteiger partial charge in [0.1, 0.15) is 17.1 Å². The van der Waals surface area contributed by atoms with E-state index in [-0.39, 0.29) is 22.0 Å². The molecule has 3 aromatic rings. The van der Waals surface area contributed by atoms with Crippen molar-refractivity contribution in [1.29, 1.82) is 0 Å². The summed E-state index contributed by atoms with van der Waals surface area (Å²) in [6.07, 6.45) is 1.97. The highest BCUT2D eigenvalue weighted by Crippen LogP contribution is 2.35. The number of methoxy groups -OCH3 is 1. The summed E-state index contributed by atoms with van der Waals surface area (Å²) in [4.78, 5) is 26.3. The number of hydrogen-bond donors (Lipinski definition) is 1. The summed E-state index contributed by atoms with van der Waals surface area (Å²) < 4.78 is 32.7. The summed E-state index contributed by atoms with van der Waals surface area (Å²) in [7, 11) is 3.51. The van der Waals surface area contributed by atoms with Crippen molar-refractivity contribution in [1.82, 2.24) is 30.0 Å². The van der Waals surface area contributed by atoms with Crippen LogP contribution in [0, 0.1) is 29.6 Å². The van der Waals surface area contributed by atoms with Gasteiger partial charge in [-0.05, 0) is 57.7 Å². The lowest BCUT2D eigenvalue weighted by Gasteiger charge is -2.40. The first-order valence-corrected chi connectivity index (χ1v) is 14.4. The largest absolute Gasteiger partial charge is 0.494 e. The van der Waals surface area contributed by atoms with Crippen molar-refractivity contribution in [3.63, 3.8) is 0 Å². The highest BCUT2D eigenvalue weighted by atomic mass is 32.1. The van der Waals surface area contributed by atoms with Crippen LogP contribution in [0.4, 0.5) is 13.9 Å². The van der Waals surface area contributed by atoms with E-state index in [9.17, 15) is 13.6 Å². The minimum Gasteiger partial charge on any atom is -0.494 e. The number of likely N-dealkylation sites (N-methyl/N-ethyl adjacent to an activating group) is 1.